The van der Waals surface area contributed by atoms with Gasteiger partial charge in [-0.25, -0.2) is 4.79 Å². The maximum Gasteiger partial charge on any atom is 0.511 e. The molecule has 3 aromatic rings. The number of hydrogen-bond acceptors (Lipinski definition) is 3. The summed E-state index contributed by atoms with van der Waals surface area (Å²) < 4.78 is 5.81. The molecule has 0 bridgehead atoms. The Morgan fingerprint density at radius 2 is 1.67 bits per heavy atom. The van der Waals surface area contributed by atoms with Gasteiger partial charge in [-0.3, -0.25) is 0 Å². The van der Waals surface area contributed by atoms with E-state index >= 15 is 0 Å². The lowest BCUT2D eigenvalue weighted by Crippen LogP contribution is -2.33. The first kappa shape index (κ1) is 18.1. The predicted molar refractivity (Wildman–Crippen MR) is 111 cm³/mol. The maximum atomic E-state index is 10.8. The third-order valence-corrected chi connectivity index (χ3v) is 6.98. The van der Waals surface area contributed by atoms with Crippen LogP contribution in [0.25, 0.3) is 20.5 Å². The van der Waals surface area contributed by atoms with Gasteiger partial charge in [-0.1, -0.05) is 39.8 Å². The number of fused-ring (bicyclic) bond motifs is 2. The first-order chi connectivity index (χ1) is 12.7. The summed E-state index contributed by atoms with van der Waals surface area (Å²) >= 11 is 1.67. The molecule has 0 fully saturated rings. The van der Waals surface area contributed by atoms with Gasteiger partial charge < -0.3 is 9.84 Å². The van der Waals surface area contributed by atoms with Crippen LogP contribution in [-0.2, 0) is 10.8 Å². The van der Waals surface area contributed by atoms with Gasteiger partial charge >= 0.3 is 6.16 Å². The monoisotopic (exact) mass is 380 g/mol. The van der Waals surface area contributed by atoms with Crippen molar-refractivity contribution in [1.82, 2.24) is 0 Å². The second kappa shape index (κ2) is 6.10. The molecular weight excluding hydrogens is 356 g/mol. The zero-order valence-electron chi connectivity index (χ0n) is 16.1. The Morgan fingerprint density at radius 3 is 2.37 bits per heavy atom. The van der Waals surface area contributed by atoms with Crippen molar-refractivity contribution in [3.63, 3.8) is 0 Å². The smallest absolute Gasteiger partial charge is 0.449 e. The van der Waals surface area contributed by atoms with Crippen molar-refractivity contribution in [2.75, 3.05) is 0 Å². The Kier molecular flexibility index (Phi) is 4.08. The minimum atomic E-state index is -1.29. The van der Waals surface area contributed by atoms with Gasteiger partial charge in [0.1, 0.15) is 5.75 Å². The van der Waals surface area contributed by atoms with Gasteiger partial charge in [0, 0.05) is 9.58 Å². The molecule has 0 saturated carbocycles. The summed E-state index contributed by atoms with van der Waals surface area (Å²) in [4.78, 5) is 12.0. The van der Waals surface area contributed by atoms with Crippen molar-refractivity contribution < 1.29 is 14.6 Å². The standard InChI is InChI=1S/C23H24O3S/c1-22(2)9-10-23(3,4)18-11-14(6-8-17(18)22)19-12-15-5-7-16(26-21(24)25)13-20(15)27-19/h5-8,11-13H,9-10H2,1-4H3,(H,24,25). The van der Waals surface area contributed by atoms with E-state index in [0.717, 1.165) is 10.1 Å². The van der Waals surface area contributed by atoms with Gasteiger partial charge in [0.2, 0.25) is 0 Å². The first-order valence-corrected chi connectivity index (χ1v) is 10.1. The van der Waals surface area contributed by atoms with Crippen molar-refractivity contribution >= 4 is 27.6 Å². The topological polar surface area (TPSA) is 46.5 Å². The highest BCUT2D eigenvalue weighted by atomic mass is 32.1. The Morgan fingerprint density at radius 1 is 0.963 bits per heavy atom. The number of benzene rings is 2. The summed E-state index contributed by atoms with van der Waals surface area (Å²) in [7, 11) is 0. The molecule has 0 aliphatic heterocycles. The Hall–Kier alpha value is -2.33. The van der Waals surface area contributed by atoms with Crippen LogP contribution in [0.2, 0.25) is 0 Å². The van der Waals surface area contributed by atoms with E-state index in [0.29, 0.717) is 5.75 Å². The predicted octanol–water partition coefficient (Wildman–Crippen LogP) is 6.97. The van der Waals surface area contributed by atoms with E-state index in [1.54, 1.807) is 23.5 Å². The fourth-order valence-electron chi connectivity index (χ4n) is 4.06. The molecule has 3 nitrogen and oxygen atoms in total. The summed E-state index contributed by atoms with van der Waals surface area (Å²) in [5, 5.41) is 9.91. The molecular formula is C23H24O3S. The van der Waals surface area contributed by atoms with Gasteiger partial charge in [-0.15, -0.1) is 11.3 Å². The van der Waals surface area contributed by atoms with E-state index in [1.165, 1.54) is 34.4 Å². The quantitative estimate of drug-likeness (QED) is 0.385. The van der Waals surface area contributed by atoms with Crippen molar-refractivity contribution in [3.8, 4) is 16.2 Å². The van der Waals surface area contributed by atoms with Crippen LogP contribution in [0.3, 0.4) is 0 Å². The summed E-state index contributed by atoms with van der Waals surface area (Å²) in [5.41, 5.74) is 4.53. The molecule has 1 heterocycles. The van der Waals surface area contributed by atoms with E-state index in [1.807, 2.05) is 6.07 Å². The van der Waals surface area contributed by atoms with Crippen molar-refractivity contribution in [3.05, 3.63) is 53.6 Å². The van der Waals surface area contributed by atoms with Gasteiger partial charge in [-0.05, 0) is 76.1 Å². The Bertz CT molecular complexity index is 1040. The van der Waals surface area contributed by atoms with Gasteiger partial charge in [0.05, 0.1) is 0 Å². The molecule has 0 atom stereocenters. The third-order valence-electron chi connectivity index (χ3n) is 5.83. The average molecular weight is 381 g/mol. The van der Waals surface area contributed by atoms with Crippen LogP contribution in [0.15, 0.2) is 42.5 Å². The Labute approximate surface area is 163 Å². The highest BCUT2D eigenvalue weighted by Crippen LogP contribution is 2.47. The van der Waals surface area contributed by atoms with Crippen LogP contribution in [0.5, 0.6) is 5.75 Å². The molecule has 1 N–H and O–H groups in total. The second-order valence-corrected chi connectivity index (χ2v) is 9.79. The Balaban J connectivity index is 1.79. The molecule has 4 heteroatoms. The SMILES string of the molecule is CC1(C)CCC(C)(C)c2cc(-c3cc4ccc(OC(=O)O)cc4s3)ccc21. The van der Waals surface area contributed by atoms with Crippen LogP contribution < -0.4 is 4.74 Å². The maximum absolute atomic E-state index is 10.8. The van der Waals surface area contributed by atoms with Crippen LogP contribution in [0.1, 0.15) is 51.7 Å². The fraction of sp³-hybridized carbons (Fsp3) is 0.348. The summed E-state index contributed by atoms with van der Waals surface area (Å²) in [6.45, 7) is 9.35. The zero-order valence-corrected chi connectivity index (χ0v) is 16.9. The number of thiophene rings is 1. The van der Waals surface area contributed by atoms with E-state index in [4.69, 9.17) is 9.84 Å². The molecule has 4 rings (SSSR count). The molecule has 1 aliphatic rings. The lowest BCUT2D eigenvalue weighted by atomic mass is 9.63. The molecule has 2 aromatic carbocycles. The first-order valence-electron chi connectivity index (χ1n) is 9.25. The molecule has 1 aliphatic carbocycles. The minimum Gasteiger partial charge on any atom is -0.449 e. The largest absolute Gasteiger partial charge is 0.511 e. The second-order valence-electron chi connectivity index (χ2n) is 8.71. The van der Waals surface area contributed by atoms with Gasteiger partial charge in [0.25, 0.3) is 0 Å². The van der Waals surface area contributed by atoms with Gasteiger partial charge in [-0.2, -0.15) is 0 Å². The van der Waals surface area contributed by atoms with Crippen LogP contribution in [0.4, 0.5) is 4.79 Å². The molecule has 0 amide bonds. The van der Waals surface area contributed by atoms with Crippen molar-refractivity contribution in [1.29, 1.82) is 0 Å². The molecule has 27 heavy (non-hydrogen) atoms. The van der Waals surface area contributed by atoms with E-state index in [2.05, 4.69) is 52.0 Å². The number of hydrogen-bond donors (Lipinski definition) is 1. The molecule has 140 valence electrons. The fourth-order valence-corrected chi connectivity index (χ4v) is 5.15. The normalized spacial score (nSPS) is 17.5. The third kappa shape index (κ3) is 3.23. The lowest BCUT2D eigenvalue weighted by molar-refractivity contribution is 0.144. The van der Waals surface area contributed by atoms with Crippen LogP contribution in [-0.4, -0.2) is 11.3 Å². The van der Waals surface area contributed by atoms with Crippen LogP contribution in [0, 0.1) is 0 Å². The highest BCUT2D eigenvalue weighted by Gasteiger charge is 2.37. The molecule has 0 unspecified atom stereocenters. The highest BCUT2D eigenvalue weighted by molar-refractivity contribution is 7.22. The zero-order chi connectivity index (χ0) is 19.4. The molecule has 0 radical (unpaired) electrons. The van der Waals surface area contributed by atoms with Crippen LogP contribution >= 0.6 is 11.3 Å². The summed E-state index contributed by atoms with van der Waals surface area (Å²) in [5.74, 6) is 0.358. The molecule has 0 saturated heterocycles. The number of ether oxygens (including phenoxy) is 1. The molecule has 0 spiro atoms. The summed E-state index contributed by atoms with van der Waals surface area (Å²) in [6, 6.07) is 14.5. The minimum absolute atomic E-state index is 0.181. The van der Waals surface area contributed by atoms with Crippen molar-refractivity contribution in [2.45, 2.75) is 51.4 Å². The average Bonchev–Trinajstić information content (AvgIpc) is 3.01. The van der Waals surface area contributed by atoms with E-state index in [-0.39, 0.29) is 10.8 Å². The summed E-state index contributed by atoms with van der Waals surface area (Å²) in [6.07, 6.45) is 1.12. The number of carbonyl (C=O) groups is 1. The molecule has 1 aromatic heterocycles. The van der Waals surface area contributed by atoms with Crippen molar-refractivity contribution in [2.24, 2.45) is 0 Å². The van der Waals surface area contributed by atoms with E-state index in [9.17, 15) is 4.79 Å². The number of carboxylic acid groups (broad SMARTS) is 1. The number of rotatable bonds is 2. The van der Waals surface area contributed by atoms with Gasteiger partial charge in [0.15, 0.2) is 0 Å². The lowest BCUT2D eigenvalue weighted by Gasteiger charge is -2.42. The van der Waals surface area contributed by atoms with E-state index < -0.39 is 6.16 Å².